The highest BCUT2D eigenvalue weighted by atomic mass is 19.1. The van der Waals surface area contributed by atoms with Crippen molar-refractivity contribution in [3.8, 4) is 0 Å². The van der Waals surface area contributed by atoms with Crippen molar-refractivity contribution in [1.82, 2.24) is 14.8 Å². The van der Waals surface area contributed by atoms with Crippen molar-refractivity contribution in [2.45, 2.75) is 13.5 Å². The second-order valence-corrected chi connectivity index (χ2v) is 4.68. The molecule has 0 unspecified atom stereocenters. The third-order valence-corrected chi connectivity index (χ3v) is 3.32. The van der Waals surface area contributed by atoms with Crippen molar-refractivity contribution in [1.29, 1.82) is 0 Å². The quantitative estimate of drug-likeness (QED) is 0.774. The van der Waals surface area contributed by atoms with Gasteiger partial charge in [-0.2, -0.15) is 5.10 Å². The van der Waals surface area contributed by atoms with E-state index in [1.165, 1.54) is 30.6 Å². The van der Waals surface area contributed by atoms with Crippen LogP contribution in [0.2, 0.25) is 0 Å². The van der Waals surface area contributed by atoms with Crippen LogP contribution in [0.25, 0.3) is 10.9 Å². The molecule has 2 aromatic heterocycles. The van der Waals surface area contributed by atoms with Gasteiger partial charge in [-0.3, -0.25) is 9.67 Å². The molecule has 0 radical (unpaired) electrons. The van der Waals surface area contributed by atoms with Crippen molar-refractivity contribution >= 4 is 28.4 Å². The molecule has 6 nitrogen and oxygen atoms in total. The molecular weight excluding hydrogens is 287 g/mol. The molecular formula is C15H13FN4O2. The number of anilines is 2. The van der Waals surface area contributed by atoms with Crippen molar-refractivity contribution in [2.75, 3.05) is 5.32 Å². The van der Waals surface area contributed by atoms with E-state index in [-0.39, 0.29) is 11.4 Å². The van der Waals surface area contributed by atoms with Crippen molar-refractivity contribution < 1.29 is 14.3 Å². The predicted molar refractivity (Wildman–Crippen MR) is 79.8 cm³/mol. The molecule has 2 heterocycles. The number of benzene rings is 1. The lowest BCUT2D eigenvalue weighted by atomic mass is 10.2. The highest BCUT2D eigenvalue weighted by molar-refractivity contribution is 5.97. The number of nitrogens with zero attached hydrogens (tertiary/aromatic N) is 3. The summed E-state index contributed by atoms with van der Waals surface area (Å²) >= 11 is 0. The molecule has 7 heteroatoms. The van der Waals surface area contributed by atoms with Gasteiger partial charge in [0.05, 0.1) is 23.0 Å². The number of fused-ring (bicyclic) bond motifs is 1. The van der Waals surface area contributed by atoms with Gasteiger partial charge in [0.2, 0.25) is 0 Å². The summed E-state index contributed by atoms with van der Waals surface area (Å²) in [5, 5.41) is 17.1. The smallest absolute Gasteiger partial charge is 0.337 e. The second-order valence-electron chi connectivity index (χ2n) is 4.68. The Morgan fingerprint density at radius 3 is 2.95 bits per heavy atom. The summed E-state index contributed by atoms with van der Waals surface area (Å²) in [6.07, 6.45) is 2.80. The number of aromatic carboxylic acids is 1. The number of rotatable bonds is 4. The number of pyridine rings is 1. The minimum atomic E-state index is -1.07. The molecule has 0 fully saturated rings. The first-order valence-corrected chi connectivity index (χ1v) is 6.70. The minimum Gasteiger partial charge on any atom is -0.478 e. The molecule has 0 amide bonds. The zero-order valence-electron chi connectivity index (χ0n) is 11.7. The number of carboxylic acids is 1. The van der Waals surface area contributed by atoms with Crippen LogP contribution < -0.4 is 5.32 Å². The van der Waals surface area contributed by atoms with Gasteiger partial charge in [-0.05, 0) is 31.2 Å². The van der Waals surface area contributed by atoms with Gasteiger partial charge in [-0.15, -0.1) is 0 Å². The number of aromatic nitrogens is 3. The highest BCUT2D eigenvalue weighted by Gasteiger charge is 2.15. The zero-order chi connectivity index (χ0) is 15.7. The van der Waals surface area contributed by atoms with E-state index >= 15 is 0 Å². The molecule has 0 spiro atoms. The number of aryl methyl sites for hydroxylation is 1. The van der Waals surface area contributed by atoms with E-state index in [4.69, 9.17) is 0 Å². The first kappa shape index (κ1) is 14.0. The molecule has 3 aromatic rings. The van der Waals surface area contributed by atoms with Crippen molar-refractivity contribution in [2.24, 2.45) is 0 Å². The Morgan fingerprint density at radius 2 is 2.23 bits per heavy atom. The van der Waals surface area contributed by atoms with E-state index in [2.05, 4.69) is 15.4 Å². The highest BCUT2D eigenvalue weighted by Crippen LogP contribution is 2.27. The van der Waals surface area contributed by atoms with Gasteiger partial charge in [0.15, 0.2) is 5.82 Å². The van der Waals surface area contributed by atoms with Gasteiger partial charge >= 0.3 is 5.97 Å². The standard InChI is InChI=1S/C15H13FN4O2/c1-2-20-13-4-3-9(16)7-11(13)14(19-20)18-12-8-17-6-5-10(12)15(21)22/h3-8H,2H2,1H3,(H,18,19)(H,21,22). The lowest BCUT2D eigenvalue weighted by Crippen LogP contribution is -2.04. The second kappa shape index (κ2) is 5.44. The van der Waals surface area contributed by atoms with Crippen LogP contribution in [0, 0.1) is 5.82 Å². The average Bonchev–Trinajstić information content (AvgIpc) is 2.85. The molecule has 0 aliphatic rings. The maximum absolute atomic E-state index is 13.5. The summed E-state index contributed by atoms with van der Waals surface area (Å²) in [7, 11) is 0. The van der Waals surface area contributed by atoms with Gasteiger partial charge in [-0.25, -0.2) is 9.18 Å². The first-order chi connectivity index (χ1) is 10.6. The summed E-state index contributed by atoms with van der Waals surface area (Å²) in [5.41, 5.74) is 1.15. The van der Waals surface area contributed by atoms with E-state index in [9.17, 15) is 14.3 Å². The summed E-state index contributed by atoms with van der Waals surface area (Å²) in [4.78, 5) is 15.2. The SMILES string of the molecule is CCn1nc(Nc2cnccc2C(=O)O)c2cc(F)ccc21. The number of nitrogens with one attached hydrogen (secondary N) is 1. The van der Waals surface area contributed by atoms with Crippen LogP contribution in [0.15, 0.2) is 36.7 Å². The fourth-order valence-electron chi connectivity index (χ4n) is 2.29. The van der Waals surface area contributed by atoms with Crippen LogP contribution in [-0.2, 0) is 6.54 Å². The third-order valence-electron chi connectivity index (χ3n) is 3.32. The molecule has 1 aromatic carbocycles. The van der Waals surface area contributed by atoms with Crippen LogP contribution in [0.4, 0.5) is 15.9 Å². The number of hydrogen-bond acceptors (Lipinski definition) is 4. The van der Waals surface area contributed by atoms with E-state index in [0.29, 0.717) is 23.4 Å². The van der Waals surface area contributed by atoms with E-state index < -0.39 is 5.97 Å². The van der Waals surface area contributed by atoms with Gasteiger partial charge < -0.3 is 10.4 Å². The number of carbonyl (C=O) groups is 1. The van der Waals surface area contributed by atoms with Crippen LogP contribution in [0.1, 0.15) is 17.3 Å². The summed E-state index contributed by atoms with van der Waals surface area (Å²) in [5.74, 6) is -1.06. The summed E-state index contributed by atoms with van der Waals surface area (Å²) in [6, 6.07) is 5.78. The topological polar surface area (TPSA) is 80.0 Å². The van der Waals surface area contributed by atoms with Crippen LogP contribution >= 0.6 is 0 Å². The lowest BCUT2D eigenvalue weighted by Gasteiger charge is -2.06. The van der Waals surface area contributed by atoms with Gasteiger partial charge in [-0.1, -0.05) is 0 Å². The summed E-state index contributed by atoms with van der Waals surface area (Å²) in [6.45, 7) is 2.54. The molecule has 0 bridgehead atoms. The zero-order valence-corrected chi connectivity index (χ0v) is 11.7. The molecule has 0 saturated heterocycles. The van der Waals surface area contributed by atoms with Gasteiger partial charge in [0, 0.05) is 18.1 Å². The normalized spacial score (nSPS) is 10.8. The maximum Gasteiger partial charge on any atom is 0.337 e. The van der Waals surface area contributed by atoms with Crippen molar-refractivity contribution in [3.63, 3.8) is 0 Å². The van der Waals surface area contributed by atoms with Crippen LogP contribution in [0.3, 0.4) is 0 Å². The molecule has 22 heavy (non-hydrogen) atoms. The van der Waals surface area contributed by atoms with E-state index in [0.717, 1.165) is 5.52 Å². The monoisotopic (exact) mass is 300 g/mol. The maximum atomic E-state index is 13.5. The molecule has 2 N–H and O–H groups in total. The molecule has 0 saturated carbocycles. The number of hydrogen-bond donors (Lipinski definition) is 2. The number of carboxylic acid groups (broad SMARTS) is 1. The Labute approximate surface area is 125 Å². The fourth-order valence-corrected chi connectivity index (χ4v) is 2.29. The Hall–Kier alpha value is -2.96. The number of halogens is 1. The average molecular weight is 300 g/mol. The Morgan fingerprint density at radius 1 is 1.41 bits per heavy atom. The van der Waals surface area contributed by atoms with Crippen LogP contribution in [-0.4, -0.2) is 25.8 Å². The van der Waals surface area contributed by atoms with Crippen LogP contribution in [0.5, 0.6) is 0 Å². The fraction of sp³-hybridized carbons (Fsp3) is 0.133. The molecule has 0 aliphatic carbocycles. The molecule has 0 aliphatic heterocycles. The Balaban J connectivity index is 2.12. The minimum absolute atomic E-state index is 0.0746. The lowest BCUT2D eigenvalue weighted by molar-refractivity contribution is 0.0698. The molecule has 112 valence electrons. The van der Waals surface area contributed by atoms with E-state index in [1.54, 1.807) is 10.7 Å². The first-order valence-electron chi connectivity index (χ1n) is 6.70. The largest absolute Gasteiger partial charge is 0.478 e. The van der Waals surface area contributed by atoms with E-state index in [1.807, 2.05) is 6.92 Å². The predicted octanol–water partition coefficient (Wildman–Crippen LogP) is 3.03. The van der Waals surface area contributed by atoms with Gasteiger partial charge in [0.25, 0.3) is 0 Å². The summed E-state index contributed by atoms with van der Waals surface area (Å²) < 4.78 is 15.2. The van der Waals surface area contributed by atoms with Gasteiger partial charge in [0.1, 0.15) is 5.82 Å². The molecule has 0 atom stereocenters. The Bertz CT molecular complexity index is 860. The van der Waals surface area contributed by atoms with Crippen molar-refractivity contribution in [3.05, 3.63) is 48.0 Å². The Kier molecular flexibility index (Phi) is 3.46. The molecule has 3 rings (SSSR count). The third kappa shape index (κ3) is 2.37.